The minimum atomic E-state index is -3.62. The summed E-state index contributed by atoms with van der Waals surface area (Å²) >= 11 is 0. The molecule has 10 nitrogen and oxygen atoms in total. The van der Waals surface area contributed by atoms with E-state index in [4.69, 9.17) is 5.14 Å². The molecule has 28 heavy (non-hydrogen) atoms. The van der Waals surface area contributed by atoms with E-state index in [0.717, 1.165) is 0 Å². The molecule has 1 aromatic heterocycles. The highest BCUT2D eigenvalue weighted by Crippen LogP contribution is 2.16. The number of nitro groups is 1. The van der Waals surface area contributed by atoms with E-state index in [1.54, 1.807) is 24.3 Å². The van der Waals surface area contributed by atoms with Gasteiger partial charge in [0.25, 0.3) is 11.6 Å². The van der Waals surface area contributed by atoms with Gasteiger partial charge in [-0.15, -0.1) is 0 Å². The van der Waals surface area contributed by atoms with Gasteiger partial charge in [0.1, 0.15) is 0 Å². The van der Waals surface area contributed by atoms with Gasteiger partial charge < -0.3 is 5.32 Å². The third kappa shape index (κ3) is 4.78. The lowest BCUT2D eigenvalue weighted by Crippen LogP contribution is -2.14. The van der Waals surface area contributed by atoms with Crippen LogP contribution in [0.4, 0.5) is 11.4 Å². The molecule has 2 aromatic carbocycles. The van der Waals surface area contributed by atoms with Crippen LogP contribution >= 0.6 is 0 Å². The fourth-order valence-corrected chi connectivity index (χ4v) is 3.09. The molecule has 0 saturated heterocycles. The molecule has 0 aliphatic carbocycles. The summed E-state index contributed by atoms with van der Waals surface area (Å²) in [5.74, 6) is -0.698. The number of aromatic nitrogens is 2. The smallest absolute Gasteiger partial charge is 0.269 e. The Labute approximate surface area is 159 Å². The number of primary sulfonamides is 1. The number of nitrogens with two attached hydrogens (primary N) is 1. The Morgan fingerprint density at radius 2 is 1.79 bits per heavy atom. The number of hydrogen-bond donors (Lipinski definition) is 2. The lowest BCUT2D eigenvalue weighted by Gasteiger charge is -2.05. The Kier molecular flexibility index (Phi) is 5.20. The van der Waals surface area contributed by atoms with Crippen molar-refractivity contribution in [3.63, 3.8) is 0 Å². The molecule has 0 radical (unpaired) electrons. The quantitative estimate of drug-likeness (QED) is 0.475. The summed E-state index contributed by atoms with van der Waals surface area (Å²) in [6.45, 7) is 0. The normalized spacial score (nSPS) is 11.2. The fraction of sp³-hybridized carbons (Fsp3) is 0.0588. The van der Waals surface area contributed by atoms with Crippen molar-refractivity contribution in [2.75, 3.05) is 5.32 Å². The number of hydrogen-bond acceptors (Lipinski definition) is 6. The second-order valence-electron chi connectivity index (χ2n) is 5.91. The van der Waals surface area contributed by atoms with Crippen LogP contribution in [0.2, 0.25) is 0 Å². The first-order valence-corrected chi connectivity index (χ1v) is 9.63. The summed E-state index contributed by atoms with van der Waals surface area (Å²) in [6.07, 6.45) is 2.86. The maximum Gasteiger partial charge on any atom is 0.269 e. The van der Waals surface area contributed by atoms with Crippen molar-refractivity contribution in [2.45, 2.75) is 5.75 Å². The van der Waals surface area contributed by atoms with Crippen molar-refractivity contribution in [2.24, 2.45) is 5.14 Å². The van der Waals surface area contributed by atoms with Gasteiger partial charge in [0.05, 0.1) is 28.1 Å². The Morgan fingerprint density at radius 1 is 1.14 bits per heavy atom. The number of rotatable bonds is 6. The van der Waals surface area contributed by atoms with Crippen LogP contribution in [-0.2, 0) is 15.8 Å². The van der Waals surface area contributed by atoms with Crippen molar-refractivity contribution >= 4 is 27.3 Å². The lowest BCUT2D eigenvalue weighted by molar-refractivity contribution is -0.384. The monoisotopic (exact) mass is 401 g/mol. The first-order chi connectivity index (χ1) is 13.2. The van der Waals surface area contributed by atoms with Gasteiger partial charge in [-0.05, 0) is 29.8 Å². The number of nitrogens with one attached hydrogen (secondary N) is 1. The molecule has 3 N–H and O–H groups in total. The van der Waals surface area contributed by atoms with Crippen molar-refractivity contribution in [1.82, 2.24) is 9.78 Å². The predicted molar refractivity (Wildman–Crippen MR) is 101 cm³/mol. The second kappa shape index (κ2) is 7.58. The Morgan fingerprint density at radius 3 is 2.36 bits per heavy atom. The third-order valence-corrected chi connectivity index (χ3v) is 4.49. The first kappa shape index (κ1) is 19.2. The number of amides is 1. The standard InChI is InChI=1S/C17H15N5O5S/c18-28(26,27)11-12-1-3-14(4-2-12)20-17(23)13-9-19-21(10-13)15-5-7-16(8-6-15)22(24)25/h1-10H,11H2,(H,20,23)(H2,18,26,27). The zero-order valence-corrected chi connectivity index (χ0v) is 15.2. The van der Waals surface area contributed by atoms with Crippen LogP contribution in [0.15, 0.2) is 60.9 Å². The summed E-state index contributed by atoms with van der Waals surface area (Å²) < 4.78 is 23.6. The Balaban J connectivity index is 1.69. The highest BCUT2D eigenvalue weighted by molar-refractivity contribution is 7.88. The van der Waals surface area contributed by atoms with Crippen molar-refractivity contribution in [3.8, 4) is 5.69 Å². The highest BCUT2D eigenvalue weighted by Gasteiger charge is 2.12. The summed E-state index contributed by atoms with van der Waals surface area (Å²) in [7, 11) is -3.62. The number of anilines is 1. The molecule has 0 aliphatic rings. The SMILES string of the molecule is NS(=O)(=O)Cc1ccc(NC(=O)c2cnn(-c3ccc([N+](=O)[O-])cc3)c2)cc1. The van der Waals surface area contributed by atoms with Gasteiger partial charge in [-0.1, -0.05) is 12.1 Å². The van der Waals surface area contributed by atoms with Crippen LogP contribution in [0.5, 0.6) is 0 Å². The number of carbonyl (C=O) groups is 1. The molecule has 3 aromatic rings. The van der Waals surface area contributed by atoms with E-state index in [1.165, 1.54) is 41.3 Å². The van der Waals surface area contributed by atoms with Crippen molar-refractivity contribution in [1.29, 1.82) is 0 Å². The van der Waals surface area contributed by atoms with E-state index in [1.807, 2.05) is 0 Å². The molecule has 144 valence electrons. The van der Waals surface area contributed by atoms with Crippen LogP contribution in [0.25, 0.3) is 5.69 Å². The fourth-order valence-electron chi connectivity index (χ4n) is 2.43. The summed E-state index contributed by atoms with van der Waals surface area (Å²) in [6, 6.07) is 12.0. The first-order valence-electron chi connectivity index (χ1n) is 7.91. The Hall–Kier alpha value is -3.57. The summed E-state index contributed by atoms with van der Waals surface area (Å²) in [5, 5.41) is 22.5. The van der Waals surface area contributed by atoms with Gasteiger partial charge in [-0.25, -0.2) is 18.2 Å². The molecule has 3 rings (SSSR count). The van der Waals surface area contributed by atoms with Crippen LogP contribution in [0, 0.1) is 10.1 Å². The summed E-state index contributed by atoms with van der Waals surface area (Å²) in [5.41, 5.74) is 1.79. The number of nitrogens with zero attached hydrogens (tertiary/aromatic N) is 3. The average molecular weight is 401 g/mol. The van der Waals surface area contributed by atoms with Crippen molar-refractivity contribution in [3.05, 3.63) is 82.2 Å². The van der Waals surface area contributed by atoms with Gasteiger partial charge in [0.2, 0.25) is 10.0 Å². The minimum Gasteiger partial charge on any atom is -0.322 e. The van der Waals surface area contributed by atoms with Crippen molar-refractivity contribution < 1.29 is 18.1 Å². The molecule has 1 amide bonds. The van der Waals surface area contributed by atoms with Crippen LogP contribution in [0.3, 0.4) is 0 Å². The molecule has 0 unspecified atom stereocenters. The zero-order valence-electron chi connectivity index (χ0n) is 14.3. The molecule has 0 atom stereocenters. The van der Waals surface area contributed by atoms with Gasteiger partial charge in [-0.3, -0.25) is 14.9 Å². The molecule has 1 heterocycles. The van der Waals surface area contributed by atoms with E-state index in [-0.39, 0.29) is 17.0 Å². The van der Waals surface area contributed by atoms with Crippen LogP contribution in [0.1, 0.15) is 15.9 Å². The highest BCUT2D eigenvalue weighted by atomic mass is 32.2. The van der Waals surface area contributed by atoms with E-state index in [2.05, 4.69) is 10.4 Å². The molecule has 0 spiro atoms. The predicted octanol–water partition coefficient (Wildman–Crippen LogP) is 1.82. The minimum absolute atomic E-state index is 0.0419. The van der Waals surface area contributed by atoms with E-state index >= 15 is 0 Å². The average Bonchev–Trinajstić information content (AvgIpc) is 3.12. The third-order valence-electron chi connectivity index (χ3n) is 3.75. The molecular weight excluding hydrogens is 386 g/mol. The molecular formula is C17H15N5O5S. The number of nitro benzene ring substituents is 1. The van der Waals surface area contributed by atoms with Gasteiger partial charge in [-0.2, -0.15) is 5.10 Å². The topological polar surface area (TPSA) is 150 Å². The summed E-state index contributed by atoms with van der Waals surface area (Å²) in [4.78, 5) is 22.5. The van der Waals surface area contributed by atoms with Gasteiger partial charge in [0.15, 0.2) is 0 Å². The van der Waals surface area contributed by atoms with E-state index in [0.29, 0.717) is 16.9 Å². The molecule has 0 saturated carbocycles. The van der Waals surface area contributed by atoms with Crippen LogP contribution in [-0.4, -0.2) is 29.0 Å². The van der Waals surface area contributed by atoms with Gasteiger partial charge >= 0.3 is 0 Å². The molecule has 0 bridgehead atoms. The van der Waals surface area contributed by atoms with Crippen LogP contribution < -0.4 is 10.5 Å². The Bertz CT molecular complexity index is 1120. The maximum absolute atomic E-state index is 12.3. The second-order valence-corrected chi connectivity index (χ2v) is 7.52. The molecule has 0 aliphatic heterocycles. The largest absolute Gasteiger partial charge is 0.322 e. The number of sulfonamides is 1. The molecule has 11 heteroatoms. The lowest BCUT2D eigenvalue weighted by atomic mass is 10.2. The maximum atomic E-state index is 12.3. The number of non-ortho nitro benzene ring substituents is 1. The van der Waals surface area contributed by atoms with E-state index < -0.39 is 20.9 Å². The van der Waals surface area contributed by atoms with Gasteiger partial charge in [0, 0.05) is 24.0 Å². The number of carbonyl (C=O) groups excluding carboxylic acids is 1. The zero-order chi connectivity index (χ0) is 20.3. The number of benzene rings is 2. The van der Waals surface area contributed by atoms with E-state index in [9.17, 15) is 23.3 Å². The molecule has 0 fully saturated rings.